The third-order valence-corrected chi connectivity index (χ3v) is 17.8. The maximum absolute atomic E-state index is 13.1. The second kappa shape index (κ2) is 16.6. The van der Waals surface area contributed by atoms with Crippen molar-refractivity contribution in [2.45, 2.75) is 88.4 Å². The first kappa shape index (κ1) is 41.5. The minimum absolute atomic E-state index is 0.0696. The molecule has 48 heavy (non-hydrogen) atoms. The lowest BCUT2D eigenvalue weighted by atomic mass is 9.79. The van der Waals surface area contributed by atoms with Gasteiger partial charge in [-0.05, 0) is 49.2 Å². The van der Waals surface area contributed by atoms with Gasteiger partial charge in [0.05, 0.1) is 10.8 Å². The summed E-state index contributed by atoms with van der Waals surface area (Å²) in [7, 11) is -1.01. The molecule has 2 heterocycles. The lowest BCUT2D eigenvalue weighted by Gasteiger charge is -2.28. The van der Waals surface area contributed by atoms with Crippen molar-refractivity contribution in [3.63, 3.8) is 0 Å². The van der Waals surface area contributed by atoms with E-state index in [4.69, 9.17) is 0 Å². The van der Waals surface area contributed by atoms with E-state index >= 15 is 0 Å². The number of hydrogen-bond acceptors (Lipinski definition) is 5. The average Bonchev–Trinajstić information content (AvgIpc) is 3.32. The van der Waals surface area contributed by atoms with E-state index in [9.17, 15) is 23.1 Å². The van der Waals surface area contributed by atoms with Gasteiger partial charge in [0.15, 0.2) is 0 Å². The quantitative estimate of drug-likeness (QED) is 0.197. The van der Waals surface area contributed by atoms with E-state index in [0.717, 1.165) is 56.4 Å². The molecule has 0 aliphatic carbocycles. The van der Waals surface area contributed by atoms with Crippen LogP contribution in [0.1, 0.15) is 37.3 Å². The number of amides is 2. The fourth-order valence-electron chi connectivity index (χ4n) is 6.63. The van der Waals surface area contributed by atoms with Crippen LogP contribution in [0.3, 0.4) is 0 Å². The molecule has 0 radical (unpaired) electrons. The zero-order chi connectivity index (χ0) is 36.2. The van der Waals surface area contributed by atoms with Crippen LogP contribution in [0.25, 0.3) is 0 Å². The third-order valence-electron chi connectivity index (χ3n) is 9.28. The van der Waals surface area contributed by atoms with Gasteiger partial charge in [0, 0.05) is 113 Å². The number of nitrogens with zero attached hydrogens (tertiary/aromatic N) is 2. The predicted octanol–water partition coefficient (Wildman–Crippen LogP) is 7.68. The highest BCUT2D eigenvalue weighted by Crippen LogP contribution is 2.49. The largest absolute Gasteiger partial charge is 0.396 e. The smallest absolute Gasteiger partial charge is 0.238 e. The normalized spacial score (nSPS) is 21.9. The van der Waals surface area contributed by atoms with Crippen LogP contribution in [0, 0.1) is 0 Å². The SMILES string of the molecule is CCC[C@@]1(C[S@@](=O)CC[Si](C)(C)C)C(=O)N(C)c2cccc(Br)c21.CN1C(=O)[C@@](CCO)(C[S@@](=O)CC[Si](C)(C)C)c2c(Br)cccc21. The standard InChI is InChI=1S/C18H28BrNO2SSi.C17H26BrNO3SSi/c1-6-10-18(13-23(22)11-12-24(3,4)5)16-14(19)8-7-9-15(16)20(2)17(18)21;1-19-14-7-5-6-13(18)15(14)17(8-9-20,16(19)21)12-23(22)10-11-24(2,3)4/h7-9H,6,10-13H2,1-5H3;5-7,20H,8-12H2,1-4H3/t18-,23-;17-,23-/m00/s1. The molecule has 1 N–H and O–H groups in total. The van der Waals surface area contributed by atoms with E-state index in [1.165, 1.54) is 0 Å². The number of likely N-dealkylation sites (N-methyl/N-ethyl adjacent to an activating group) is 2. The zero-order valence-electron chi connectivity index (χ0n) is 30.1. The summed E-state index contributed by atoms with van der Waals surface area (Å²) in [5, 5.41) is 9.61. The number of anilines is 2. The first-order valence-corrected chi connectivity index (χ1v) is 28.7. The molecule has 0 unspecified atom stereocenters. The number of carbonyl (C=O) groups is 2. The molecule has 0 spiro atoms. The molecule has 13 heteroatoms. The first-order valence-electron chi connectivity index (χ1n) is 16.7. The molecule has 4 atom stereocenters. The van der Waals surface area contributed by atoms with E-state index in [1.54, 1.807) is 16.8 Å². The molecule has 4 rings (SSSR count). The van der Waals surface area contributed by atoms with Crippen molar-refractivity contribution in [3.8, 4) is 0 Å². The lowest BCUT2D eigenvalue weighted by molar-refractivity contribution is -0.123. The molecule has 2 amide bonds. The van der Waals surface area contributed by atoms with Crippen molar-refractivity contribution in [2.75, 3.05) is 53.5 Å². The van der Waals surface area contributed by atoms with E-state index in [2.05, 4.69) is 78.1 Å². The van der Waals surface area contributed by atoms with Gasteiger partial charge in [0.2, 0.25) is 11.8 Å². The molecule has 0 saturated carbocycles. The fraction of sp³-hybridized carbons (Fsp3) is 0.600. The Kier molecular flexibility index (Phi) is 14.3. The van der Waals surface area contributed by atoms with Crippen molar-refractivity contribution in [3.05, 3.63) is 56.5 Å². The summed E-state index contributed by atoms with van der Waals surface area (Å²) in [5.74, 6) is 2.06. The molecule has 0 aromatic heterocycles. The van der Waals surface area contributed by atoms with Gasteiger partial charge in [0.1, 0.15) is 0 Å². The van der Waals surface area contributed by atoms with Gasteiger partial charge < -0.3 is 14.9 Å². The van der Waals surface area contributed by atoms with E-state index < -0.39 is 48.6 Å². The molecule has 2 aliphatic rings. The van der Waals surface area contributed by atoms with Gasteiger partial charge in [-0.15, -0.1) is 0 Å². The van der Waals surface area contributed by atoms with E-state index in [-0.39, 0.29) is 24.2 Å². The Bertz CT molecular complexity index is 1430. The Morgan fingerprint density at radius 3 is 1.42 bits per heavy atom. The zero-order valence-corrected chi connectivity index (χ0v) is 36.9. The van der Waals surface area contributed by atoms with Crippen LogP contribution in [0.15, 0.2) is 45.3 Å². The number of hydrogen-bond donors (Lipinski definition) is 1. The van der Waals surface area contributed by atoms with E-state index in [0.29, 0.717) is 23.7 Å². The number of rotatable bonds is 14. The summed E-state index contributed by atoms with van der Waals surface area (Å²) in [6.45, 7) is 15.7. The van der Waals surface area contributed by atoms with Crippen LogP contribution in [-0.4, -0.2) is 85.2 Å². The van der Waals surface area contributed by atoms with Gasteiger partial charge in [-0.1, -0.05) is 96.6 Å². The lowest BCUT2D eigenvalue weighted by Crippen LogP contribution is -2.44. The molecule has 2 aliphatic heterocycles. The molecular formula is C35H54Br2N2O5S2Si2. The van der Waals surface area contributed by atoms with Gasteiger partial charge in [0.25, 0.3) is 0 Å². The Morgan fingerprint density at radius 2 is 1.08 bits per heavy atom. The second-order valence-electron chi connectivity index (χ2n) is 15.6. The predicted molar refractivity (Wildman–Crippen MR) is 217 cm³/mol. The van der Waals surface area contributed by atoms with Gasteiger partial charge in [-0.3, -0.25) is 18.0 Å². The summed E-state index contributed by atoms with van der Waals surface area (Å²) < 4.78 is 27.4. The molecule has 0 bridgehead atoms. The maximum Gasteiger partial charge on any atom is 0.238 e. The molecule has 2 aromatic rings. The third kappa shape index (κ3) is 9.27. The summed E-state index contributed by atoms with van der Waals surface area (Å²) in [6, 6.07) is 13.6. The number of benzene rings is 2. The number of aliphatic hydroxyl groups is 1. The summed E-state index contributed by atoms with van der Waals surface area (Å²) in [6.07, 6.45) is 1.93. The van der Waals surface area contributed by atoms with E-state index in [1.807, 2.05) is 43.4 Å². The topological polar surface area (TPSA) is 95.0 Å². The van der Waals surface area contributed by atoms with Crippen molar-refractivity contribution >= 4 is 92.8 Å². The highest BCUT2D eigenvalue weighted by molar-refractivity contribution is 9.10. The highest BCUT2D eigenvalue weighted by Gasteiger charge is 2.52. The molecular weight excluding hydrogens is 809 g/mol. The Hall–Kier alpha value is -0.966. The summed E-state index contributed by atoms with van der Waals surface area (Å²) in [4.78, 5) is 29.5. The summed E-state index contributed by atoms with van der Waals surface area (Å²) in [5.41, 5.74) is 2.13. The molecule has 7 nitrogen and oxygen atoms in total. The van der Waals surface area contributed by atoms with Gasteiger partial charge in [-0.2, -0.15) is 0 Å². The Balaban J connectivity index is 0.000000260. The van der Waals surface area contributed by atoms with Crippen LogP contribution in [0.5, 0.6) is 0 Å². The second-order valence-corrected chi connectivity index (χ2v) is 31.7. The summed E-state index contributed by atoms with van der Waals surface area (Å²) >= 11 is 7.19. The fourth-order valence-corrected chi connectivity index (χ4v) is 17.0. The maximum atomic E-state index is 13.1. The average molecular weight is 863 g/mol. The highest BCUT2D eigenvalue weighted by atomic mass is 79.9. The van der Waals surface area contributed by atoms with Crippen molar-refractivity contribution in [1.29, 1.82) is 0 Å². The Morgan fingerprint density at radius 1 is 0.708 bits per heavy atom. The van der Waals surface area contributed by atoms with Gasteiger partial charge in [-0.25, -0.2) is 0 Å². The monoisotopic (exact) mass is 860 g/mol. The minimum Gasteiger partial charge on any atom is -0.396 e. The number of fused-ring (bicyclic) bond motifs is 2. The molecule has 0 fully saturated rings. The van der Waals surface area contributed by atoms with Crippen LogP contribution >= 0.6 is 31.9 Å². The van der Waals surface area contributed by atoms with Crippen LogP contribution in [-0.2, 0) is 42.0 Å². The number of halogens is 2. The molecule has 0 saturated heterocycles. The van der Waals surface area contributed by atoms with Crippen LogP contribution < -0.4 is 9.80 Å². The molecule has 268 valence electrons. The van der Waals surface area contributed by atoms with Gasteiger partial charge >= 0.3 is 0 Å². The number of carbonyl (C=O) groups excluding carboxylic acids is 2. The minimum atomic E-state index is -1.28. The Labute approximate surface area is 312 Å². The van der Waals surface area contributed by atoms with Crippen molar-refractivity contribution < 1.29 is 23.1 Å². The first-order chi connectivity index (χ1) is 22.2. The molecule has 2 aromatic carbocycles. The van der Waals surface area contributed by atoms with Crippen LogP contribution in [0.4, 0.5) is 11.4 Å². The van der Waals surface area contributed by atoms with Crippen molar-refractivity contribution in [2.24, 2.45) is 0 Å². The van der Waals surface area contributed by atoms with Crippen molar-refractivity contribution in [1.82, 2.24) is 0 Å². The van der Waals surface area contributed by atoms with Crippen LogP contribution in [0.2, 0.25) is 51.4 Å². The number of aliphatic hydroxyl groups excluding tert-OH is 1.